The predicted octanol–water partition coefficient (Wildman–Crippen LogP) is 4.53. The van der Waals surface area contributed by atoms with E-state index in [1.165, 1.54) is 10.8 Å². The number of hydrogen-bond acceptors (Lipinski definition) is 2. The minimum Gasteiger partial charge on any atom is -0.491 e. The summed E-state index contributed by atoms with van der Waals surface area (Å²) in [5.41, 5.74) is 0. The largest absolute Gasteiger partial charge is 0.491 e. The van der Waals surface area contributed by atoms with Gasteiger partial charge in [-0.25, -0.2) is 9.37 Å². The van der Waals surface area contributed by atoms with E-state index in [0.29, 0.717) is 5.75 Å². The van der Waals surface area contributed by atoms with Crippen molar-refractivity contribution < 1.29 is 9.13 Å². The molecule has 2 aromatic carbocycles. The summed E-state index contributed by atoms with van der Waals surface area (Å²) in [6, 6.07) is 16.0. The van der Waals surface area contributed by atoms with Gasteiger partial charge < -0.3 is 9.30 Å². The first kappa shape index (κ1) is 13.8. The Morgan fingerprint density at radius 1 is 0.913 bits per heavy atom. The molecule has 0 amide bonds. The van der Waals surface area contributed by atoms with Gasteiger partial charge in [0.1, 0.15) is 24.8 Å². The summed E-state index contributed by atoms with van der Waals surface area (Å²) < 4.78 is 19.5. The lowest BCUT2D eigenvalue weighted by Gasteiger charge is -2.07. The van der Waals surface area contributed by atoms with Crippen molar-refractivity contribution in [3.05, 3.63) is 67.1 Å². The monoisotopic (exact) mass is 306 g/mol. The summed E-state index contributed by atoms with van der Waals surface area (Å²) in [6.07, 6.45) is 5.96. The topological polar surface area (TPSA) is 27.1 Å². The molecule has 0 fully saturated rings. The van der Waals surface area contributed by atoms with Crippen molar-refractivity contribution in [3.8, 4) is 11.6 Å². The van der Waals surface area contributed by atoms with Crippen LogP contribution in [0.25, 0.3) is 27.4 Å². The zero-order valence-electron chi connectivity index (χ0n) is 12.4. The number of hydrogen-bond donors (Lipinski definition) is 0. The van der Waals surface area contributed by atoms with Crippen LogP contribution < -0.4 is 4.74 Å². The van der Waals surface area contributed by atoms with Gasteiger partial charge in [-0.2, -0.15) is 0 Å². The van der Waals surface area contributed by atoms with Crippen LogP contribution in [0.15, 0.2) is 67.1 Å². The Hall–Kier alpha value is -2.88. The maximum Gasteiger partial charge on any atom is 0.137 e. The molecule has 0 bridgehead atoms. The first-order valence-electron chi connectivity index (χ1n) is 7.49. The smallest absolute Gasteiger partial charge is 0.137 e. The number of fused-ring (bicyclic) bond motifs is 2. The van der Waals surface area contributed by atoms with Crippen LogP contribution in [0.5, 0.6) is 5.75 Å². The number of benzene rings is 2. The van der Waals surface area contributed by atoms with Gasteiger partial charge in [-0.1, -0.05) is 30.3 Å². The molecular weight excluding hydrogens is 291 g/mol. The standard InChI is InChI=1S/C19H15FN2O/c20-7-8-23-18-6-5-14-10-19(21-11-17(14)9-18)22-12-15-3-1-2-4-16(15)13-22/h1-6,9-13H,7-8H2. The highest BCUT2D eigenvalue weighted by molar-refractivity contribution is 5.86. The number of nitrogens with zero attached hydrogens (tertiary/aromatic N) is 2. The average molecular weight is 306 g/mol. The van der Waals surface area contributed by atoms with E-state index >= 15 is 0 Å². The third-order valence-electron chi connectivity index (χ3n) is 3.84. The van der Waals surface area contributed by atoms with E-state index in [1.807, 2.05) is 47.2 Å². The molecule has 4 rings (SSSR count). The average Bonchev–Trinajstić information content (AvgIpc) is 3.03. The second-order valence-electron chi connectivity index (χ2n) is 5.38. The lowest BCUT2D eigenvalue weighted by molar-refractivity contribution is 0.273. The van der Waals surface area contributed by atoms with E-state index in [9.17, 15) is 4.39 Å². The van der Waals surface area contributed by atoms with E-state index < -0.39 is 6.67 Å². The van der Waals surface area contributed by atoms with E-state index in [1.54, 1.807) is 0 Å². The minimum atomic E-state index is -0.490. The lowest BCUT2D eigenvalue weighted by Crippen LogP contribution is -1.98. The highest BCUT2D eigenvalue weighted by atomic mass is 19.1. The van der Waals surface area contributed by atoms with Gasteiger partial charge in [0.05, 0.1) is 0 Å². The molecule has 2 heterocycles. The fourth-order valence-corrected chi connectivity index (χ4v) is 2.71. The molecule has 0 saturated heterocycles. The van der Waals surface area contributed by atoms with Crippen molar-refractivity contribution in [1.29, 1.82) is 0 Å². The van der Waals surface area contributed by atoms with Crippen LogP contribution in [0.3, 0.4) is 0 Å². The molecule has 0 spiro atoms. The first-order valence-corrected chi connectivity index (χ1v) is 7.49. The van der Waals surface area contributed by atoms with Gasteiger partial charge in [0.25, 0.3) is 0 Å². The summed E-state index contributed by atoms with van der Waals surface area (Å²) in [4.78, 5) is 4.53. The normalized spacial score (nSPS) is 11.2. The Morgan fingerprint density at radius 3 is 2.43 bits per heavy atom. The van der Waals surface area contributed by atoms with Crippen molar-refractivity contribution in [2.45, 2.75) is 0 Å². The summed E-state index contributed by atoms with van der Waals surface area (Å²) in [5.74, 6) is 1.53. The molecule has 0 aliphatic rings. The van der Waals surface area contributed by atoms with Gasteiger partial charge in [0, 0.05) is 24.0 Å². The van der Waals surface area contributed by atoms with Gasteiger partial charge in [-0.3, -0.25) is 0 Å². The summed E-state index contributed by atoms with van der Waals surface area (Å²) in [5, 5.41) is 4.41. The second-order valence-corrected chi connectivity index (χ2v) is 5.38. The Kier molecular flexibility index (Phi) is 3.42. The van der Waals surface area contributed by atoms with Gasteiger partial charge >= 0.3 is 0 Å². The Labute approximate surface area is 132 Å². The van der Waals surface area contributed by atoms with Gasteiger partial charge in [0.15, 0.2) is 0 Å². The SMILES string of the molecule is FCCOc1ccc2cc(-n3cc4ccccc4c3)ncc2c1. The summed E-state index contributed by atoms with van der Waals surface area (Å²) in [7, 11) is 0. The van der Waals surface area contributed by atoms with Crippen molar-refractivity contribution in [2.75, 3.05) is 13.3 Å². The molecule has 0 atom stereocenters. The second kappa shape index (κ2) is 5.72. The molecule has 0 aliphatic heterocycles. The van der Waals surface area contributed by atoms with Gasteiger partial charge in [-0.05, 0) is 34.4 Å². The van der Waals surface area contributed by atoms with E-state index in [2.05, 4.69) is 29.5 Å². The van der Waals surface area contributed by atoms with E-state index in [0.717, 1.165) is 16.6 Å². The van der Waals surface area contributed by atoms with Crippen LogP contribution in [0.4, 0.5) is 4.39 Å². The zero-order valence-corrected chi connectivity index (χ0v) is 12.4. The van der Waals surface area contributed by atoms with E-state index in [4.69, 9.17) is 4.74 Å². The van der Waals surface area contributed by atoms with Crippen LogP contribution in [0.1, 0.15) is 0 Å². The van der Waals surface area contributed by atoms with Crippen molar-refractivity contribution in [1.82, 2.24) is 9.55 Å². The predicted molar refractivity (Wildman–Crippen MR) is 90.0 cm³/mol. The quantitative estimate of drug-likeness (QED) is 0.554. The lowest BCUT2D eigenvalue weighted by atomic mass is 10.1. The number of halogens is 1. The number of ether oxygens (including phenoxy) is 1. The van der Waals surface area contributed by atoms with Crippen LogP contribution in [0.2, 0.25) is 0 Å². The van der Waals surface area contributed by atoms with Crippen molar-refractivity contribution in [3.63, 3.8) is 0 Å². The fourth-order valence-electron chi connectivity index (χ4n) is 2.71. The molecule has 4 heteroatoms. The molecule has 114 valence electrons. The molecule has 0 N–H and O–H groups in total. The summed E-state index contributed by atoms with van der Waals surface area (Å²) in [6.45, 7) is -0.413. The van der Waals surface area contributed by atoms with Crippen molar-refractivity contribution >= 4 is 21.5 Å². The van der Waals surface area contributed by atoms with Crippen LogP contribution in [0, 0.1) is 0 Å². The molecule has 0 aliphatic carbocycles. The van der Waals surface area contributed by atoms with Crippen LogP contribution in [-0.4, -0.2) is 22.8 Å². The third-order valence-corrected chi connectivity index (χ3v) is 3.84. The Bertz CT molecular complexity index is 944. The first-order chi connectivity index (χ1) is 11.3. The molecular formula is C19H15FN2O. The number of alkyl halides is 1. The van der Waals surface area contributed by atoms with Crippen molar-refractivity contribution in [2.24, 2.45) is 0 Å². The van der Waals surface area contributed by atoms with Gasteiger partial charge in [0.2, 0.25) is 0 Å². The number of pyridine rings is 1. The summed E-state index contributed by atoms with van der Waals surface area (Å²) >= 11 is 0. The number of aromatic nitrogens is 2. The van der Waals surface area contributed by atoms with Crippen LogP contribution >= 0.6 is 0 Å². The Balaban J connectivity index is 1.73. The molecule has 23 heavy (non-hydrogen) atoms. The van der Waals surface area contributed by atoms with Crippen LogP contribution in [-0.2, 0) is 0 Å². The number of rotatable bonds is 4. The molecule has 3 nitrogen and oxygen atoms in total. The highest BCUT2D eigenvalue weighted by Crippen LogP contribution is 2.23. The maximum atomic E-state index is 12.2. The fraction of sp³-hybridized carbons (Fsp3) is 0.105. The van der Waals surface area contributed by atoms with Gasteiger partial charge in [-0.15, -0.1) is 0 Å². The maximum absolute atomic E-state index is 12.2. The molecule has 0 saturated carbocycles. The Morgan fingerprint density at radius 2 is 1.70 bits per heavy atom. The van der Waals surface area contributed by atoms with E-state index in [-0.39, 0.29) is 6.61 Å². The molecule has 0 unspecified atom stereocenters. The third kappa shape index (κ3) is 2.63. The molecule has 0 radical (unpaired) electrons. The molecule has 4 aromatic rings. The minimum absolute atomic E-state index is 0.0764. The zero-order chi connectivity index (χ0) is 15.6. The molecule has 2 aromatic heterocycles. The highest BCUT2D eigenvalue weighted by Gasteiger charge is 2.04.